The molecular weight excluding hydrogens is 514 g/mol. The second-order valence-electron chi connectivity index (χ2n) is 10.1. The first-order valence-corrected chi connectivity index (χ1v) is 13.6. The van der Waals surface area contributed by atoms with Crippen LogP contribution in [0.5, 0.6) is 5.75 Å². The van der Waals surface area contributed by atoms with Gasteiger partial charge in [0.05, 0.1) is 28.8 Å². The molecule has 3 aromatic rings. The molecule has 7 nitrogen and oxygen atoms in total. The molecule has 2 N–H and O–H groups in total. The van der Waals surface area contributed by atoms with Crippen LogP contribution in [0.1, 0.15) is 53.3 Å². The van der Waals surface area contributed by atoms with Crippen LogP contribution in [-0.2, 0) is 4.79 Å². The molecule has 2 atom stereocenters. The molecule has 1 amide bonds. The zero-order valence-corrected chi connectivity index (χ0v) is 22.2. The largest absolute Gasteiger partial charge is 0.489 e. The van der Waals surface area contributed by atoms with Crippen LogP contribution in [0.15, 0.2) is 66.7 Å². The third-order valence-corrected chi connectivity index (χ3v) is 7.46. The number of hydrogen-bond donors (Lipinski definition) is 2. The molecule has 5 rings (SSSR count). The number of halogens is 1. The molecule has 2 aliphatic rings. The van der Waals surface area contributed by atoms with E-state index in [1.54, 1.807) is 54.6 Å². The minimum Gasteiger partial charge on any atom is -0.489 e. The summed E-state index contributed by atoms with van der Waals surface area (Å²) in [6.45, 7) is 2.16. The van der Waals surface area contributed by atoms with Crippen molar-refractivity contribution in [1.29, 1.82) is 5.26 Å². The molecule has 39 heavy (non-hydrogen) atoms. The molecule has 1 aliphatic carbocycles. The highest BCUT2D eigenvalue weighted by Crippen LogP contribution is 2.34. The van der Waals surface area contributed by atoms with E-state index in [1.165, 1.54) is 0 Å². The minimum absolute atomic E-state index is 0.199. The van der Waals surface area contributed by atoms with Crippen LogP contribution >= 0.6 is 11.6 Å². The van der Waals surface area contributed by atoms with Gasteiger partial charge in [-0.2, -0.15) is 5.26 Å². The van der Waals surface area contributed by atoms with Crippen LogP contribution in [0.3, 0.4) is 0 Å². The molecular formula is C31H30ClN3O4. The predicted octanol–water partition coefficient (Wildman–Crippen LogP) is 4.92. The second-order valence-corrected chi connectivity index (χ2v) is 10.5. The van der Waals surface area contributed by atoms with E-state index in [0.29, 0.717) is 28.4 Å². The number of amides is 1. The summed E-state index contributed by atoms with van der Waals surface area (Å²) in [5.41, 5.74) is 3.14. The average Bonchev–Trinajstić information content (AvgIpc) is 3.64. The number of ketones is 1. The van der Waals surface area contributed by atoms with Crippen molar-refractivity contribution in [1.82, 2.24) is 10.2 Å². The van der Waals surface area contributed by atoms with Crippen molar-refractivity contribution < 1.29 is 19.4 Å². The zero-order valence-electron chi connectivity index (χ0n) is 21.5. The van der Waals surface area contributed by atoms with E-state index in [9.17, 15) is 14.7 Å². The summed E-state index contributed by atoms with van der Waals surface area (Å²) in [5, 5.41) is 23.5. The van der Waals surface area contributed by atoms with Gasteiger partial charge >= 0.3 is 0 Å². The van der Waals surface area contributed by atoms with Gasteiger partial charge in [-0.15, -0.1) is 0 Å². The summed E-state index contributed by atoms with van der Waals surface area (Å²) in [6.07, 6.45) is 3.27. The predicted molar refractivity (Wildman–Crippen MR) is 149 cm³/mol. The fourth-order valence-electron chi connectivity index (χ4n) is 4.78. The number of hydrogen-bond acceptors (Lipinski definition) is 6. The van der Waals surface area contributed by atoms with Crippen LogP contribution in [0.25, 0.3) is 11.1 Å². The van der Waals surface area contributed by atoms with E-state index in [0.717, 1.165) is 49.9 Å². The molecule has 0 spiro atoms. The molecule has 3 aromatic carbocycles. The van der Waals surface area contributed by atoms with E-state index < -0.39 is 23.8 Å². The minimum atomic E-state index is -1.06. The number of carbonyl (C=O) groups excluding carboxylic acids is 2. The summed E-state index contributed by atoms with van der Waals surface area (Å²) in [5.74, 6) is -0.870. The van der Waals surface area contributed by atoms with E-state index in [2.05, 4.69) is 16.3 Å². The summed E-state index contributed by atoms with van der Waals surface area (Å²) in [6, 6.07) is 20.4. The average molecular weight is 544 g/mol. The third-order valence-electron chi connectivity index (χ3n) is 7.17. The molecule has 1 aliphatic heterocycles. The number of carbonyl (C=O) groups is 2. The fourth-order valence-corrected chi connectivity index (χ4v) is 5.01. The number of nitrogens with one attached hydrogen (secondary N) is 1. The van der Waals surface area contributed by atoms with Crippen molar-refractivity contribution >= 4 is 23.3 Å². The van der Waals surface area contributed by atoms with E-state index >= 15 is 0 Å². The quantitative estimate of drug-likeness (QED) is 0.278. The number of nitriles is 1. The summed E-state index contributed by atoms with van der Waals surface area (Å²) >= 11 is 6.43. The molecule has 0 bridgehead atoms. The summed E-state index contributed by atoms with van der Waals surface area (Å²) < 4.78 is 5.80. The first-order chi connectivity index (χ1) is 18.9. The van der Waals surface area contributed by atoms with Crippen LogP contribution in [-0.4, -0.2) is 53.5 Å². The smallest absolute Gasteiger partial charge is 0.292 e. The van der Waals surface area contributed by atoms with Gasteiger partial charge in [-0.05, 0) is 79.7 Å². The summed E-state index contributed by atoms with van der Waals surface area (Å²) in [4.78, 5) is 28.3. The zero-order chi connectivity index (χ0) is 27.4. The number of rotatable bonds is 10. The van der Waals surface area contributed by atoms with Crippen LogP contribution in [0, 0.1) is 11.3 Å². The number of aliphatic hydroxyl groups is 1. The Kier molecular flexibility index (Phi) is 8.27. The Morgan fingerprint density at radius 2 is 1.67 bits per heavy atom. The molecule has 1 saturated heterocycles. The Morgan fingerprint density at radius 1 is 1.03 bits per heavy atom. The topological polar surface area (TPSA) is 103 Å². The van der Waals surface area contributed by atoms with Crippen LogP contribution < -0.4 is 10.1 Å². The van der Waals surface area contributed by atoms with Gasteiger partial charge in [-0.3, -0.25) is 9.59 Å². The second kappa shape index (κ2) is 12.0. The van der Waals surface area contributed by atoms with Crippen LogP contribution in [0.4, 0.5) is 0 Å². The molecule has 0 unspecified atom stereocenters. The maximum atomic E-state index is 13.1. The van der Waals surface area contributed by atoms with Gasteiger partial charge in [0.15, 0.2) is 0 Å². The van der Waals surface area contributed by atoms with Crippen molar-refractivity contribution in [2.45, 2.75) is 43.9 Å². The number of ether oxygens (including phenoxy) is 1. The Bertz CT molecular complexity index is 1370. The first-order valence-electron chi connectivity index (χ1n) is 13.2. The van der Waals surface area contributed by atoms with E-state index in [-0.39, 0.29) is 11.7 Å². The van der Waals surface area contributed by atoms with E-state index in [1.807, 2.05) is 12.1 Å². The lowest BCUT2D eigenvalue weighted by atomic mass is 9.99. The lowest BCUT2D eigenvalue weighted by Crippen LogP contribution is -2.48. The van der Waals surface area contributed by atoms with Gasteiger partial charge in [0, 0.05) is 12.1 Å². The molecule has 0 aromatic heterocycles. The van der Waals surface area contributed by atoms with Crippen molar-refractivity contribution in [3.05, 3.63) is 88.4 Å². The molecule has 1 heterocycles. The van der Waals surface area contributed by atoms with Crippen molar-refractivity contribution in [3.8, 4) is 22.9 Å². The third kappa shape index (κ3) is 6.66. The molecule has 1 saturated carbocycles. The van der Waals surface area contributed by atoms with Crippen molar-refractivity contribution in [3.63, 3.8) is 0 Å². The number of benzene rings is 3. The monoisotopic (exact) mass is 543 g/mol. The van der Waals surface area contributed by atoms with Gasteiger partial charge in [0.1, 0.15) is 11.9 Å². The number of nitrogens with zero attached hydrogens (tertiary/aromatic N) is 2. The van der Waals surface area contributed by atoms with Crippen LogP contribution in [0.2, 0.25) is 5.02 Å². The number of Topliss-reactive ketones (excluding diaryl/α,β-unsaturated/α-hetero) is 1. The Labute approximate surface area is 233 Å². The standard InChI is InChI=1S/C31H30ClN3O4/c32-26-17-24(11-14-28(26)39-25-12-13-25)29(36)27(19-35-15-1-2-16-35)34-31(38)30(37)23-9-7-22(8-10-23)21-5-3-20(18-33)4-6-21/h3-11,14,17,25,27,29,36H,1-2,12-13,15-16,19H2,(H,34,38)/t27-,29-/m1/s1. The highest BCUT2D eigenvalue weighted by Gasteiger charge is 2.30. The molecule has 0 radical (unpaired) electrons. The maximum Gasteiger partial charge on any atom is 0.292 e. The fraction of sp³-hybridized carbons (Fsp3) is 0.323. The van der Waals surface area contributed by atoms with Gasteiger partial charge in [-0.25, -0.2) is 0 Å². The lowest BCUT2D eigenvalue weighted by Gasteiger charge is -2.28. The van der Waals surface area contributed by atoms with Gasteiger partial charge in [0.2, 0.25) is 5.78 Å². The summed E-state index contributed by atoms with van der Waals surface area (Å²) in [7, 11) is 0. The number of likely N-dealkylation sites (tertiary alicyclic amines) is 1. The highest BCUT2D eigenvalue weighted by atomic mass is 35.5. The Hall–Kier alpha value is -3.70. The Morgan fingerprint density at radius 3 is 2.26 bits per heavy atom. The van der Waals surface area contributed by atoms with Gasteiger partial charge in [0.25, 0.3) is 5.91 Å². The normalized spacial score (nSPS) is 16.7. The molecule has 2 fully saturated rings. The maximum absolute atomic E-state index is 13.1. The first kappa shape index (κ1) is 26.9. The van der Waals surface area contributed by atoms with Gasteiger partial charge in [-0.1, -0.05) is 54.1 Å². The van der Waals surface area contributed by atoms with E-state index in [4.69, 9.17) is 21.6 Å². The van der Waals surface area contributed by atoms with Crippen molar-refractivity contribution in [2.75, 3.05) is 19.6 Å². The van der Waals surface area contributed by atoms with Crippen molar-refractivity contribution in [2.24, 2.45) is 0 Å². The SMILES string of the molecule is N#Cc1ccc(-c2ccc(C(=O)C(=O)N[C@H](CN3CCCC3)[C@H](O)c3ccc(OC4CC4)c(Cl)c3)cc2)cc1. The lowest BCUT2D eigenvalue weighted by molar-refractivity contribution is -0.118. The number of aliphatic hydroxyl groups excluding tert-OH is 1. The van der Waals surface area contributed by atoms with Gasteiger partial charge < -0.3 is 20.1 Å². The molecule has 8 heteroatoms. The molecule has 200 valence electrons. The Balaban J connectivity index is 1.29. The highest BCUT2D eigenvalue weighted by molar-refractivity contribution is 6.42.